The Labute approximate surface area is 220 Å². The molecule has 8 heteroatoms. The average Bonchev–Trinajstić information content (AvgIpc) is 3.51. The van der Waals surface area contributed by atoms with Crippen molar-refractivity contribution in [3.8, 4) is 11.3 Å². The van der Waals surface area contributed by atoms with Crippen LogP contribution in [0.4, 0.5) is 11.4 Å². The third-order valence-electron chi connectivity index (χ3n) is 6.23. The molecule has 4 aromatic rings. The zero-order valence-corrected chi connectivity index (χ0v) is 21.4. The Hall–Kier alpha value is -3.68. The van der Waals surface area contributed by atoms with Gasteiger partial charge in [-0.2, -0.15) is 0 Å². The number of hydrogen-bond donors (Lipinski definition) is 2. The molecule has 2 N–H and O–H groups in total. The topological polar surface area (TPSA) is 70.4 Å². The number of amides is 1. The van der Waals surface area contributed by atoms with Crippen LogP contribution in [-0.2, 0) is 4.79 Å². The van der Waals surface area contributed by atoms with Crippen molar-refractivity contribution >= 4 is 46.2 Å². The molecule has 0 saturated carbocycles. The normalized spacial score (nSPS) is 17.2. The molecule has 0 bridgehead atoms. The summed E-state index contributed by atoms with van der Waals surface area (Å²) in [6.45, 7) is 3.80. The van der Waals surface area contributed by atoms with E-state index < -0.39 is 0 Å². The molecule has 5 rings (SSSR count). The monoisotopic (exact) mass is 516 g/mol. The minimum absolute atomic E-state index is 0.0254. The van der Waals surface area contributed by atoms with Crippen LogP contribution in [0.3, 0.4) is 0 Å². The molecule has 182 valence electrons. The number of aryl methyl sites for hydroxylation is 1. The van der Waals surface area contributed by atoms with E-state index in [1.165, 1.54) is 0 Å². The molecule has 0 radical (unpaired) electrons. The van der Waals surface area contributed by atoms with Gasteiger partial charge in [0.2, 0.25) is 5.91 Å². The molecule has 1 saturated heterocycles. The van der Waals surface area contributed by atoms with Gasteiger partial charge in [0.15, 0.2) is 5.11 Å². The number of carbonyl (C=O) groups is 1. The smallest absolute Gasteiger partial charge is 0.224 e. The highest BCUT2D eigenvalue weighted by Gasteiger charge is 2.42. The van der Waals surface area contributed by atoms with Crippen molar-refractivity contribution < 1.29 is 9.21 Å². The quantitative estimate of drug-likeness (QED) is 0.274. The van der Waals surface area contributed by atoms with Crippen molar-refractivity contribution in [1.29, 1.82) is 0 Å². The number of rotatable bonds is 6. The van der Waals surface area contributed by atoms with Gasteiger partial charge in [-0.15, -0.1) is 0 Å². The third-order valence-corrected chi connectivity index (χ3v) is 6.80. The molecular weight excluding hydrogens is 492 g/mol. The van der Waals surface area contributed by atoms with Gasteiger partial charge in [0, 0.05) is 34.6 Å². The predicted molar refractivity (Wildman–Crippen MR) is 147 cm³/mol. The molecule has 1 aliphatic rings. The SMILES string of the molecule is CCC(=O)Nc1ccc(N2C(=S)N[C@@H](c3ccccn3)[C@@H]2c2ccc(-c3ccc(Cl)cc3)o2)cc1C. The van der Waals surface area contributed by atoms with Gasteiger partial charge in [-0.25, -0.2) is 0 Å². The molecule has 2 atom stereocenters. The average molecular weight is 517 g/mol. The largest absolute Gasteiger partial charge is 0.459 e. The van der Waals surface area contributed by atoms with Crippen molar-refractivity contribution in [1.82, 2.24) is 10.3 Å². The highest BCUT2D eigenvalue weighted by Crippen LogP contribution is 2.43. The highest BCUT2D eigenvalue weighted by atomic mass is 35.5. The lowest BCUT2D eigenvalue weighted by atomic mass is 10.0. The Morgan fingerprint density at radius 1 is 1.14 bits per heavy atom. The van der Waals surface area contributed by atoms with E-state index in [9.17, 15) is 4.79 Å². The number of halogens is 1. The molecule has 0 spiro atoms. The molecule has 0 aliphatic carbocycles. The molecule has 2 aromatic carbocycles. The summed E-state index contributed by atoms with van der Waals surface area (Å²) in [7, 11) is 0. The van der Waals surface area contributed by atoms with Crippen LogP contribution in [0.2, 0.25) is 5.02 Å². The lowest BCUT2D eigenvalue weighted by Crippen LogP contribution is -2.29. The number of anilines is 2. The van der Waals surface area contributed by atoms with E-state index in [0.717, 1.165) is 39.7 Å². The number of furan rings is 1. The van der Waals surface area contributed by atoms with E-state index >= 15 is 0 Å². The number of benzene rings is 2. The molecule has 36 heavy (non-hydrogen) atoms. The Morgan fingerprint density at radius 3 is 2.64 bits per heavy atom. The van der Waals surface area contributed by atoms with Gasteiger partial charge in [0.1, 0.15) is 17.6 Å². The minimum atomic E-state index is -0.274. The Bertz CT molecular complexity index is 1400. The number of carbonyl (C=O) groups excluding carboxylic acids is 1. The van der Waals surface area contributed by atoms with Gasteiger partial charge in [-0.3, -0.25) is 9.78 Å². The van der Waals surface area contributed by atoms with Crippen molar-refractivity contribution in [2.45, 2.75) is 32.4 Å². The van der Waals surface area contributed by atoms with Crippen LogP contribution in [0, 0.1) is 6.92 Å². The first-order valence-electron chi connectivity index (χ1n) is 11.7. The van der Waals surface area contributed by atoms with E-state index in [1.54, 1.807) is 6.20 Å². The highest BCUT2D eigenvalue weighted by molar-refractivity contribution is 7.80. The molecule has 0 unspecified atom stereocenters. The lowest BCUT2D eigenvalue weighted by molar-refractivity contribution is -0.115. The van der Waals surface area contributed by atoms with Gasteiger partial charge in [-0.1, -0.05) is 24.6 Å². The second-order valence-corrected chi connectivity index (χ2v) is 9.43. The van der Waals surface area contributed by atoms with Gasteiger partial charge in [-0.05, 0) is 91.4 Å². The number of aromatic nitrogens is 1. The lowest BCUT2D eigenvalue weighted by Gasteiger charge is -2.26. The summed E-state index contributed by atoms with van der Waals surface area (Å²) in [6, 6.07) is 22.7. The van der Waals surface area contributed by atoms with Crippen LogP contribution in [0.25, 0.3) is 11.3 Å². The maximum Gasteiger partial charge on any atom is 0.224 e. The first-order valence-corrected chi connectivity index (χ1v) is 12.5. The summed E-state index contributed by atoms with van der Waals surface area (Å²) >= 11 is 11.9. The second kappa shape index (κ2) is 10.1. The first-order chi connectivity index (χ1) is 17.4. The molecule has 1 aliphatic heterocycles. The van der Waals surface area contributed by atoms with Gasteiger partial charge >= 0.3 is 0 Å². The van der Waals surface area contributed by atoms with Gasteiger partial charge < -0.3 is 20.0 Å². The van der Waals surface area contributed by atoms with E-state index in [0.29, 0.717) is 16.6 Å². The van der Waals surface area contributed by atoms with Crippen LogP contribution in [0.15, 0.2) is 83.4 Å². The summed E-state index contributed by atoms with van der Waals surface area (Å²) in [6.07, 6.45) is 2.19. The van der Waals surface area contributed by atoms with Crippen molar-refractivity contribution in [2.24, 2.45) is 0 Å². The van der Waals surface area contributed by atoms with Crippen LogP contribution < -0.4 is 15.5 Å². The van der Waals surface area contributed by atoms with Crippen molar-refractivity contribution in [3.63, 3.8) is 0 Å². The van der Waals surface area contributed by atoms with E-state index in [4.69, 9.17) is 28.2 Å². The summed E-state index contributed by atoms with van der Waals surface area (Å²) in [4.78, 5) is 18.6. The maximum absolute atomic E-state index is 11.9. The van der Waals surface area contributed by atoms with Crippen molar-refractivity contribution in [3.05, 3.63) is 101 Å². The zero-order valence-electron chi connectivity index (χ0n) is 19.9. The minimum Gasteiger partial charge on any atom is -0.459 e. The number of nitrogens with zero attached hydrogens (tertiary/aromatic N) is 2. The Kier molecular flexibility index (Phi) is 6.76. The summed E-state index contributed by atoms with van der Waals surface area (Å²) in [5.41, 5.74) is 4.42. The zero-order chi connectivity index (χ0) is 25.2. The number of pyridine rings is 1. The van der Waals surface area contributed by atoms with Gasteiger partial charge in [0.05, 0.1) is 11.7 Å². The Morgan fingerprint density at radius 2 is 1.94 bits per heavy atom. The molecular formula is C28H25ClN4O2S. The molecule has 1 fully saturated rings. The molecule has 2 aromatic heterocycles. The summed E-state index contributed by atoms with van der Waals surface area (Å²) < 4.78 is 6.40. The predicted octanol–water partition coefficient (Wildman–Crippen LogP) is 6.83. The van der Waals surface area contributed by atoms with Crippen LogP contribution in [-0.4, -0.2) is 16.0 Å². The standard InChI is InChI=1S/C28H25ClN4O2S/c1-3-25(34)31-21-12-11-20(16-17(21)2)33-27(26(32-28(33)36)22-6-4-5-15-30-22)24-14-13-23(35-24)18-7-9-19(29)10-8-18/h4-16,26-27H,3H2,1-2H3,(H,31,34)(H,32,36)/t26-,27-/m0/s1. The Balaban J connectivity index is 1.55. The third kappa shape index (κ3) is 4.72. The van der Waals surface area contributed by atoms with E-state index in [-0.39, 0.29) is 18.0 Å². The molecule has 6 nitrogen and oxygen atoms in total. The number of hydrogen-bond acceptors (Lipinski definition) is 4. The maximum atomic E-state index is 11.9. The second-order valence-electron chi connectivity index (χ2n) is 8.61. The van der Waals surface area contributed by atoms with Crippen LogP contribution in [0.5, 0.6) is 0 Å². The fraction of sp³-hybridized carbons (Fsp3) is 0.179. The molecule has 1 amide bonds. The number of thiocarbonyl (C=S) groups is 1. The summed E-state index contributed by atoms with van der Waals surface area (Å²) in [5, 5.41) is 7.64. The molecule has 3 heterocycles. The first kappa shape index (κ1) is 24.0. The fourth-order valence-electron chi connectivity index (χ4n) is 4.38. The fourth-order valence-corrected chi connectivity index (χ4v) is 4.85. The van der Waals surface area contributed by atoms with Crippen LogP contribution >= 0.6 is 23.8 Å². The van der Waals surface area contributed by atoms with Crippen LogP contribution in [0.1, 0.15) is 42.4 Å². The van der Waals surface area contributed by atoms with Gasteiger partial charge in [0.25, 0.3) is 0 Å². The number of nitrogens with one attached hydrogen (secondary N) is 2. The van der Waals surface area contributed by atoms with Crippen molar-refractivity contribution in [2.75, 3.05) is 10.2 Å². The summed E-state index contributed by atoms with van der Waals surface area (Å²) in [5.74, 6) is 1.47. The van der Waals surface area contributed by atoms with E-state index in [1.807, 2.05) is 86.6 Å². The van der Waals surface area contributed by atoms with E-state index in [2.05, 4.69) is 20.5 Å².